The van der Waals surface area contributed by atoms with Crippen molar-refractivity contribution in [2.45, 2.75) is 6.18 Å². The quantitative estimate of drug-likeness (QED) is 0.680. The van der Waals surface area contributed by atoms with Crippen LogP contribution in [0.4, 0.5) is 30.5 Å². The summed E-state index contributed by atoms with van der Waals surface area (Å²) in [5, 5.41) is 2.60. The first-order valence-electron chi connectivity index (χ1n) is 9.76. The van der Waals surface area contributed by atoms with Crippen LogP contribution in [0.3, 0.4) is 0 Å². The molecular weight excluding hydrogens is 407 g/mol. The summed E-state index contributed by atoms with van der Waals surface area (Å²) in [6.45, 7) is 3.23. The first-order chi connectivity index (χ1) is 14.9. The third-order valence-corrected chi connectivity index (χ3v) is 5.05. The molecule has 0 bridgehead atoms. The zero-order chi connectivity index (χ0) is 21.8. The maximum absolute atomic E-state index is 12.6. The van der Waals surface area contributed by atoms with Crippen LogP contribution in [0.1, 0.15) is 15.9 Å². The number of carbonyl (C=O) groups is 1. The van der Waals surface area contributed by atoms with Crippen LogP contribution < -0.4 is 15.1 Å². The lowest BCUT2D eigenvalue weighted by Crippen LogP contribution is -2.47. The van der Waals surface area contributed by atoms with Gasteiger partial charge in [-0.25, -0.2) is 9.97 Å². The Morgan fingerprint density at radius 1 is 0.839 bits per heavy atom. The number of para-hydroxylation sites is 1. The smallest absolute Gasteiger partial charge is 0.368 e. The molecule has 1 aromatic heterocycles. The number of halogens is 3. The van der Waals surface area contributed by atoms with Crippen molar-refractivity contribution in [1.82, 2.24) is 9.97 Å². The molecule has 1 aliphatic heterocycles. The number of nitrogens with zero attached hydrogens (tertiary/aromatic N) is 4. The molecule has 0 atom stereocenters. The first kappa shape index (κ1) is 20.6. The van der Waals surface area contributed by atoms with E-state index in [2.05, 4.69) is 37.2 Å². The molecule has 9 heteroatoms. The third-order valence-electron chi connectivity index (χ3n) is 5.05. The van der Waals surface area contributed by atoms with Crippen LogP contribution in [0.15, 0.2) is 67.0 Å². The number of nitrogens with one attached hydrogen (secondary N) is 1. The van der Waals surface area contributed by atoms with Crippen molar-refractivity contribution >= 4 is 23.2 Å². The van der Waals surface area contributed by atoms with Crippen LogP contribution in [-0.4, -0.2) is 42.1 Å². The highest BCUT2D eigenvalue weighted by molar-refractivity contribution is 6.04. The largest absolute Gasteiger partial charge is 0.416 e. The van der Waals surface area contributed by atoms with Gasteiger partial charge in [-0.05, 0) is 36.4 Å². The van der Waals surface area contributed by atoms with Crippen LogP contribution >= 0.6 is 0 Å². The lowest BCUT2D eigenvalue weighted by Gasteiger charge is -2.36. The standard InChI is InChI=1S/C22H20F3N5O/c23-22(24,25)17-8-6-16(7-9-17)20(31)28-18-14-26-21(27-15-18)30-12-10-29(11-13-30)19-4-2-1-3-5-19/h1-9,14-15H,10-13H2,(H,28,31). The molecule has 6 nitrogen and oxygen atoms in total. The Bertz CT molecular complexity index is 1020. The second-order valence-electron chi connectivity index (χ2n) is 7.11. The summed E-state index contributed by atoms with van der Waals surface area (Å²) in [6.07, 6.45) is -1.45. The van der Waals surface area contributed by atoms with E-state index in [1.54, 1.807) is 0 Å². The van der Waals surface area contributed by atoms with Gasteiger partial charge in [0.05, 0.1) is 23.6 Å². The fourth-order valence-electron chi connectivity index (χ4n) is 3.37. The van der Waals surface area contributed by atoms with Gasteiger partial charge in [-0.2, -0.15) is 13.2 Å². The Labute approximate surface area is 177 Å². The number of carbonyl (C=O) groups excluding carboxylic acids is 1. The summed E-state index contributed by atoms with van der Waals surface area (Å²) >= 11 is 0. The van der Waals surface area contributed by atoms with Crippen LogP contribution in [-0.2, 0) is 6.18 Å². The average molecular weight is 427 g/mol. The summed E-state index contributed by atoms with van der Waals surface area (Å²) in [4.78, 5) is 25.3. The lowest BCUT2D eigenvalue weighted by molar-refractivity contribution is -0.137. The van der Waals surface area contributed by atoms with Crippen molar-refractivity contribution in [1.29, 1.82) is 0 Å². The molecule has 2 aromatic carbocycles. The van der Waals surface area contributed by atoms with Gasteiger partial charge in [0.1, 0.15) is 0 Å². The Morgan fingerprint density at radius 3 is 2.00 bits per heavy atom. The van der Waals surface area contributed by atoms with Gasteiger partial charge >= 0.3 is 6.18 Å². The fraction of sp³-hybridized carbons (Fsp3) is 0.227. The van der Waals surface area contributed by atoms with E-state index in [0.717, 1.165) is 50.4 Å². The number of aromatic nitrogens is 2. The molecule has 4 rings (SSSR count). The minimum atomic E-state index is -4.44. The molecule has 0 aliphatic carbocycles. The fourth-order valence-corrected chi connectivity index (χ4v) is 3.37. The predicted molar refractivity (Wildman–Crippen MR) is 112 cm³/mol. The molecule has 3 aromatic rings. The van der Waals surface area contributed by atoms with E-state index in [1.807, 2.05) is 18.2 Å². The van der Waals surface area contributed by atoms with Crippen LogP contribution in [0, 0.1) is 0 Å². The summed E-state index contributed by atoms with van der Waals surface area (Å²) in [7, 11) is 0. The molecular formula is C22H20F3N5O. The first-order valence-corrected chi connectivity index (χ1v) is 9.76. The Kier molecular flexibility index (Phi) is 5.75. The van der Waals surface area contributed by atoms with Crippen LogP contribution in [0.5, 0.6) is 0 Å². The second kappa shape index (κ2) is 8.63. The van der Waals surface area contributed by atoms with Crippen molar-refractivity contribution in [3.63, 3.8) is 0 Å². The molecule has 0 spiro atoms. The van der Waals surface area contributed by atoms with Gasteiger partial charge in [0.25, 0.3) is 5.91 Å². The number of rotatable bonds is 4. The molecule has 0 radical (unpaired) electrons. The SMILES string of the molecule is O=C(Nc1cnc(N2CCN(c3ccccc3)CC2)nc1)c1ccc(C(F)(F)F)cc1. The molecule has 1 amide bonds. The Morgan fingerprint density at radius 2 is 1.42 bits per heavy atom. The molecule has 31 heavy (non-hydrogen) atoms. The number of amides is 1. The maximum atomic E-state index is 12.6. The summed E-state index contributed by atoms with van der Waals surface area (Å²) in [5.74, 6) is 0.0433. The zero-order valence-corrected chi connectivity index (χ0v) is 16.5. The van der Waals surface area contributed by atoms with Gasteiger partial charge < -0.3 is 15.1 Å². The zero-order valence-electron chi connectivity index (χ0n) is 16.5. The number of piperazine rings is 1. The normalized spacial score (nSPS) is 14.4. The van der Waals surface area contributed by atoms with Crippen molar-refractivity contribution in [3.05, 3.63) is 78.1 Å². The molecule has 2 heterocycles. The van der Waals surface area contributed by atoms with E-state index in [9.17, 15) is 18.0 Å². The van der Waals surface area contributed by atoms with Crippen molar-refractivity contribution in [3.8, 4) is 0 Å². The van der Waals surface area contributed by atoms with E-state index in [-0.39, 0.29) is 5.56 Å². The maximum Gasteiger partial charge on any atom is 0.416 e. The second-order valence-corrected chi connectivity index (χ2v) is 7.11. The number of anilines is 3. The molecule has 1 saturated heterocycles. The van der Waals surface area contributed by atoms with Crippen molar-refractivity contribution in [2.24, 2.45) is 0 Å². The lowest BCUT2D eigenvalue weighted by atomic mass is 10.1. The number of hydrogen-bond donors (Lipinski definition) is 1. The van der Waals surface area contributed by atoms with E-state index in [1.165, 1.54) is 18.1 Å². The minimum absolute atomic E-state index is 0.120. The minimum Gasteiger partial charge on any atom is -0.368 e. The van der Waals surface area contributed by atoms with Crippen molar-refractivity contribution in [2.75, 3.05) is 41.3 Å². The summed E-state index contributed by atoms with van der Waals surface area (Å²) < 4.78 is 37.9. The Hall–Kier alpha value is -3.62. The number of benzene rings is 2. The monoisotopic (exact) mass is 427 g/mol. The van der Waals surface area contributed by atoms with Gasteiger partial charge in [0.2, 0.25) is 5.95 Å². The number of alkyl halides is 3. The van der Waals surface area contributed by atoms with Gasteiger partial charge in [-0.15, -0.1) is 0 Å². The summed E-state index contributed by atoms with van der Waals surface area (Å²) in [5.41, 5.74) is 0.874. The molecule has 0 unspecified atom stereocenters. The topological polar surface area (TPSA) is 61.4 Å². The molecule has 1 N–H and O–H groups in total. The average Bonchev–Trinajstić information content (AvgIpc) is 2.80. The van der Waals surface area contributed by atoms with Crippen LogP contribution in [0.25, 0.3) is 0 Å². The van der Waals surface area contributed by atoms with Gasteiger partial charge in [-0.3, -0.25) is 4.79 Å². The van der Waals surface area contributed by atoms with E-state index in [4.69, 9.17) is 0 Å². The Balaban J connectivity index is 1.34. The van der Waals surface area contributed by atoms with E-state index >= 15 is 0 Å². The third kappa shape index (κ3) is 4.93. The predicted octanol–water partition coefficient (Wildman–Crippen LogP) is 4.07. The van der Waals surface area contributed by atoms with Crippen LogP contribution in [0.2, 0.25) is 0 Å². The summed E-state index contributed by atoms with van der Waals surface area (Å²) in [6, 6.07) is 14.2. The molecule has 0 saturated carbocycles. The highest BCUT2D eigenvalue weighted by Gasteiger charge is 2.30. The molecule has 1 fully saturated rings. The van der Waals surface area contributed by atoms with Gasteiger partial charge in [0.15, 0.2) is 0 Å². The molecule has 160 valence electrons. The van der Waals surface area contributed by atoms with Crippen molar-refractivity contribution < 1.29 is 18.0 Å². The van der Waals surface area contributed by atoms with Gasteiger partial charge in [-0.1, -0.05) is 18.2 Å². The highest BCUT2D eigenvalue weighted by atomic mass is 19.4. The van der Waals surface area contributed by atoms with E-state index in [0.29, 0.717) is 11.6 Å². The molecule has 1 aliphatic rings. The number of hydrogen-bond acceptors (Lipinski definition) is 5. The van der Waals surface area contributed by atoms with E-state index < -0.39 is 17.6 Å². The highest BCUT2D eigenvalue weighted by Crippen LogP contribution is 2.29. The van der Waals surface area contributed by atoms with Gasteiger partial charge in [0, 0.05) is 37.4 Å².